The molecule has 0 unspecified atom stereocenters. The molecule has 0 heterocycles. The Morgan fingerprint density at radius 2 is 1.76 bits per heavy atom. The maximum Gasteiger partial charge on any atom is 0.342 e. The van der Waals surface area contributed by atoms with E-state index in [0.717, 1.165) is 11.6 Å². The van der Waals surface area contributed by atoms with Crippen LogP contribution in [0, 0.1) is 0 Å². The highest BCUT2D eigenvalue weighted by Crippen LogP contribution is 2.23. The average Bonchev–Trinajstić information content (AvgIpc) is 2.45. The number of esters is 1. The van der Waals surface area contributed by atoms with Crippen LogP contribution in [-0.2, 0) is 11.3 Å². The SMILES string of the molecule is CC(C)c1ccc(COC(=O)c2ccc(O)cc2O)cc1. The minimum atomic E-state index is -0.625. The molecule has 0 atom stereocenters. The lowest BCUT2D eigenvalue weighted by Gasteiger charge is -2.09. The molecule has 2 rings (SSSR count). The van der Waals surface area contributed by atoms with Gasteiger partial charge in [-0.25, -0.2) is 4.79 Å². The van der Waals surface area contributed by atoms with Crippen LogP contribution in [0.5, 0.6) is 11.5 Å². The first-order valence-electron chi connectivity index (χ1n) is 6.75. The van der Waals surface area contributed by atoms with Crippen LogP contribution >= 0.6 is 0 Å². The molecule has 2 aromatic carbocycles. The van der Waals surface area contributed by atoms with E-state index in [1.165, 1.54) is 17.7 Å². The monoisotopic (exact) mass is 286 g/mol. The van der Waals surface area contributed by atoms with Crippen molar-refractivity contribution < 1.29 is 19.7 Å². The van der Waals surface area contributed by atoms with E-state index < -0.39 is 5.97 Å². The average molecular weight is 286 g/mol. The Hall–Kier alpha value is -2.49. The first-order valence-corrected chi connectivity index (χ1v) is 6.75. The number of benzene rings is 2. The minimum Gasteiger partial charge on any atom is -0.508 e. The predicted molar refractivity (Wildman–Crippen MR) is 79.4 cm³/mol. The molecule has 0 fully saturated rings. The second-order valence-corrected chi connectivity index (χ2v) is 5.17. The number of hydrogen-bond acceptors (Lipinski definition) is 4. The lowest BCUT2D eigenvalue weighted by molar-refractivity contribution is 0.0469. The molecule has 110 valence electrons. The summed E-state index contributed by atoms with van der Waals surface area (Å²) in [5.74, 6) is -0.570. The molecule has 0 amide bonds. The number of phenolic OH excluding ortho intramolecular Hbond substituents is 2. The van der Waals surface area contributed by atoms with Gasteiger partial charge < -0.3 is 14.9 Å². The number of ether oxygens (including phenoxy) is 1. The Morgan fingerprint density at radius 3 is 2.33 bits per heavy atom. The molecular formula is C17H18O4. The zero-order chi connectivity index (χ0) is 15.4. The zero-order valence-electron chi connectivity index (χ0n) is 12.0. The number of carbonyl (C=O) groups excluding carboxylic acids is 1. The summed E-state index contributed by atoms with van der Waals surface area (Å²) in [5.41, 5.74) is 2.14. The van der Waals surface area contributed by atoms with Gasteiger partial charge in [-0.15, -0.1) is 0 Å². The first kappa shape index (κ1) is 14.9. The fraction of sp³-hybridized carbons (Fsp3) is 0.235. The second kappa shape index (κ2) is 6.31. The molecule has 0 aliphatic heterocycles. The van der Waals surface area contributed by atoms with Crippen LogP contribution in [0.2, 0.25) is 0 Å². The molecule has 21 heavy (non-hydrogen) atoms. The lowest BCUT2D eigenvalue weighted by atomic mass is 10.0. The summed E-state index contributed by atoms with van der Waals surface area (Å²) in [6.45, 7) is 4.36. The van der Waals surface area contributed by atoms with Gasteiger partial charge in [-0.2, -0.15) is 0 Å². The van der Waals surface area contributed by atoms with Gasteiger partial charge in [0.2, 0.25) is 0 Å². The molecular weight excluding hydrogens is 268 g/mol. The van der Waals surface area contributed by atoms with Gasteiger partial charge in [0.15, 0.2) is 0 Å². The summed E-state index contributed by atoms with van der Waals surface area (Å²) >= 11 is 0. The highest BCUT2D eigenvalue weighted by atomic mass is 16.5. The van der Waals surface area contributed by atoms with Gasteiger partial charge in [-0.3, -0.25) is 0 Å². The first-order chi connectivity index (χ1) is 9.97. The van der Waals surface area contributed by atoms with Gasteiger partial charge in [0, 0.05) is 6.07 Å². The van der Waals surface area contributed by atoms with E-state index in [2.05, 4.69) is 13.8 Å². The summed E-state index contributed by atoms with van der Waals surface area (Å²) in [5, 5.41) is 18.8. The van der Waals surface area contributed by atoms with Crippen LogP contribution in [-0.4, -0.2) is 16.2 Å². The van der Waals surface area contributed by atoms with Crippen LogP contribution in [0.3, 0.4) is 0 Å². The van der Waals surface area contributed by atoms with Crippen molar-refractivity contribution in [1.82, 2.24) is 0 Å². The van der Waals surface area contributed by atoms with E-state index in [-0.39, 0.29) is 23.7 Å². The van der Waals surface area contributed by atoms with Crippen molar-refractivity contribution in [2.24, 2.45) is 0 Å². The van der Waals surface area contributed by atoms with Gasteiger partial charge in [-0.05, 0) is 29.2 Å². The number of aromatic hydroxyl groups is 2. The van der Waals surface area contributed by atoms with Gasteiger partial charge >= 0.3 is 5.97 Å². The maximum absolute atomic E-state index is 11.9. The molecule has 0 aliphatic rings. The fourth-order valence-electron chi connectivity index (χ4n) is 1.92. The van der Waals surface area contributed by atoms with Crippen molar-refractivity contribution in [1.29, 1.82) is 0 Å². The van der Waals surface area contributed by atoms with Gasteiger partial charge in [0.1, 0.15) is 23.7 Å². The number of rotatable bonds is 4. The van der Waals surface area contributed by atoms with E-state index in [1.54, 1.807) is 0 Å². The fourth-order valence-corrected chi connectivity index (χ4v) is 1.92. The predicted octanol–water partition coefficient (Wildman–Crippen LogP) is 3.58. The van der Waals surface area contributed by atoms with E-state index in [9.17, 15) is 15.0 Å². The largest absolute Gasteiger partial charge is 0.508 e. The van der Waals surface area contributed by atoms with Crippen LogP contribution in [0.25, 0.3) is 0 Å². The van der Waals surface area contributed by atoms with Crippen molar-refractivity contribution >= 4 is 5.97 Å². The van der Waals surface area contributed by atoms with Crippen LogP contribution in [0.4, 0.5) is 0 Å². The second-order valence-electron chi connectivity index (χ2n) is 5.17. The quantitative estimate of drug-likeness (QED) is 0.843. The summed E-state index contributed by atoms with van der Waals surface area (Å²) < 4.78 is 5.15. The van der Waals surface area contributed by atoms with Crippen molar-refractivity contribution in [3.63, 3.8) is 0 Å². The van der Waals surface area contributed by atoms with Gasteiger partial charge in [0.05, 0.1) is 0 Å². The normalized spacial score (nSPS) is 10.6. The Labute approximate surface area is 123 Å². The van der Waals surface area contributed by atoms with Gasteiger partial charge in [0.25, 0.3) is 0 Å². The number of phenols is 2. The van der Waals surface area contributed by atoms with Crippen LogP contribution < -0.4 is 0 Å². The summed E-state index contributed by atoms with van der Waals surface area (Å²) in [6.07, 6.45) is 0. The third kappa shape index (κ3) is 3.75. The summed E-state index contributed by atoms with van der Waals surface area (Å²) in [6, 6.07) is 11.6. The molecule has 4 heteroatoms. The maximum atomic E-state index is 11.9. The molecule has 2 aromatic rings. The van der Waals surface area contributed by atoms with E-state index in [4.69, 9.17) is 4.74 Å². The zero-order valence-corrected chi connectivity index (χ0v) is 12.0. The van der Waals surface area contributed by atoms with Crippen LogP contribution in [0.1, 0.15) is 41.3 Å². The van der Waals surface area contributed by atoms with Crippen molar-refractivity contribution in [3.05, 3.63) is 59.2 Å². The van der Waals surface area contributed by atoms with Crippen LogP contribution in [0.15, 0.2) is 42.5 Å². The highest BCUT2D eigenvalue weighted by Gasteiger charge is 2.13. The van der Waals surface area contributed by atoms with Crippen molar-refractivity contribution in [2.45, 2.75) is 26.4 Å². The third-order valence-corrected chi connectivity index (χ3v) is 3.22. The lowest BCUT2D eigenvalue weighted by Crippen LogP contribution is -2.05. The standard InChI is InChI=1S/C17H18O4/c1-11(2)13-5-3-12(4-6-13)10-21-17(20)15-8-7-14(18)9-16(15)19/h3-9,11,18-19H,10H2,1-2H3. The third-order valence-electron chi connectivity index (χ3n) is 3.22. The molecule has 0 aromatic heterocycles. The van der Waals surface area contributed by atoms with Gasteiger partial charge in [-0.1, -0.05) is 38.1 Å². The number of carbonyl (C=O) groups is 1. The Balaban J connectivity index is 2.00. The van der Waals surface area contributed by atoms with Crippen molar-refractivity contribution in [2.75, 3.05) is 0 Å². The molecule has 0 spiro atoms. The van der Waals surface area contributed by atoms with E-state index in [0.29, 0.717) is 5.92 Å². The van der Waals surface area contributed by atoms with E-state index >= 15 is 0 Å². The summed E-state index contributed by atoms with van der Waals surface area (Å²) in [7, 11) is 0. The van der Waals surface area contributed by atoms with E-state index in [1.807, 2.05) is 24.3 Å². The number of hydrogen-bond donors (Lipinski definition) is 2. The minimum absolute atomic E-state index is 0.0339. The Kier molecular flexibility index (Phi) is 4.48. The molecule has 0 bridgehead atoms. The molecule has 0 saturated carbocycles. The molecule has 0 aliphatic carbocycles. The molecule has 2 N–H and O–H groups in total. The Morgan fingerprint density at radius 1 is 1.10 bits per heavy atom. The topological polar surface area (TPSA) is 66.8 Å². The smallest absolute Gasteiger partial charge is 0.342 e. The molecule has 0 radical (unpaired) electrons. The molecule has 4 nitrogen and oxygen atoms in total. The summed E-state index contributed by atoms with van der Waals surface area (Å²) in [4.78, 5) is 11.9. The highest BCUT2D eigenvalue weighted by molar-refractivity contribution is 5.92. The molecule has 0 saturated heterocycles. The van der Waals surface area contributed by atoms with Crippen molar-refractivity contribution in [3.8, 4) is 11.5 Å². The Bertz CT molecular complexity index is 630.